The van der Waals surface area contributed by atoms with Crippen LogP contribution in [0.15, 0.2) is 60.7 Å². The standard InChI is InChI=1S/C36H48N6O8Se2/c1-49-35(47)27(19-23-11-5-3-6-12-23)39-31(43)29-15-9-17-41(29)33(45)25(37)21-51-52-22-26(38)34(46)42-18-10-16-30(42)32(44)40-28(36(48)50-2)20-24-13-7-4-8-14-24/h3-8,11-14,25-30H,9-10,15-22,37-38H2,1-2H3,(H,39,43)(H,40,44)/t25-,26-,27-,28-,29-,30-/m0/s1. The molecule has 0 aliphatic carbocycles. The maximum atomic E-state index is 13.4. The first-order valence-corrected chi connectivity index (χ1v) is 24.0. The molecule has 0 spiro atoms. The van der Waals surface area contributed by atoms with Crippen molar-refractivity contribution in [2.75, 3.05) is 27.3 Å². The second kappa shape index (κ2) is 20.5. The number of likely N-dealkylation sites (tertiary alicyclic amines) is 2. The topological polar surface area (TPSA) is 203 Å². The van der Waals surface area contributed by atoms with Crippen molar-refractivity contribution in [2.45, 2.75) is 85.4 Å². The molecule has 0 radical (unpaired) electrons. The number of hydrogen-bond donors (Lipinski definition) is 4. The van der Waals surface area contributed by atoms with Crippen LogP contribution in [0.5, 0.6) is 0 Å². The van der Waals surface area contributed by atoms with E-state index in [4.69, 9.17) is 20.9 Å². The number of nitrogens with zero attached hydrogens (tertiary/aromatic N) is 2. The van der Waals surface area contributed by atoms with Crippen molar-refractivity contribution in [1.82, 2.24) is 20.4 Å². The van der Waals surface area contributed by atoms with Crippen LogP contribution in [0, 0.1) is 0 Å². The molecule has 4 rings (SSSR count). The maximum absolute atomic E-state index is 13.4. The fourth-order valence-electron chi connectivity index (χ4n) is 6.32. The molecule has 282 valence electrons. The molecule has 6 atom stereocenters. The first-order chi connectivity index (χ1) is 25.0. The summed E-state index contributed by atoms with van der Waals surface area (Å²) < 4.78 is 9.84. The van der Waals surface area contributed by atoms with Gasteiger partial charge in [0.2, 0.25) is 0 Å². The summed E-state index contributed by atoms with van der Waals surface area (Å²) >= 11 is -0.119. The van der Waals surface area contributed by atoms with E-state index < -0.39 is 60.0 Å². The Balaban J connectivity index is 1.23. The van der Waals surface area contributed by atoms with Crippen LogP contribution in [0.1, 0.15) is 36.8 Å². The van der Waals surface area contributed by atoms with Gasteiger partial charge in [0, 0.05) is 0 Å². The van der Waals surface area contributed by atoms with E-state index in [0.29, 0.717) is 49.4 Å². The van der Waals surface area contributed by atoms with Gasteiger partial charge >= 0.3 is 304 Å². The fraction of sp³-hybridized carbons (Fsp3) is 0.500. The van der Waals surface area contributed by atoms with Crippen LogP contribution >= 0.6 is 0 Å². The van der Waals surface area contributed by atoms with E-state index >= 15 is 0 Å². The molecule has 2 heterocycles. The number of nitrogens with two attached hydrogens (primary N) is 2. The van der Waals surface area contributed by atoms with Crippen LogP contribution in [-0.2, 0) is 51.1 Å². The van der Waals surface area contributed by atoms with Gasteiger partial charge in [0.25, 0.3) is 0 Å². The first-order valence-electron chi connectivity index (χ1n) is 17.2. The summed E-state index contributed by atoms with van der Waals surface area (Å²) in [6.07, 6.45) is 2.70. The van der Waals surface area contributed by atoms with E-state index in [1.807, 2.05) is 60.7 Å². The summed E-state index contributed by atoms with van der Waals surface area (Å²) in [5.74, 6) is -2.63. The zero-order valence-electron chi connectivity index (χ0n) is 29.4. The van der Waals surface area contributed by atoms with Gasteiger partial charge < -0.3 is 0 Å². The van der Waals surface area contributed by atoms with E-state index in [2.05, 4.69) is 10.6 Å². The Bertz CT molecular complexity index is 1420. The second-order valence-electron chi connectivity index (χ2n) is 12.7. The Morgan fingerprint density at radius 2 is 1.04 bits per heavy atom. The number of carbonyl (C=O) groups excluding carboxylic acids is 6. The molecule has 0 unspecified atom stereocenters. The van der Waals surface area contributed by atoms with Crippen molar-refractivity contribution in [2.24, 2.45) is 11.5 Å². The van der Waals surface area contributed by atoms with E-state index in [1.54, 1.807) is 0 Å². The predicted octanol–water partition coefficient (Wildman–Crippen LogP) is -0.416. The van der Waals surface area contributed by atoms with Gasteiger partial charge in [-0.3, -0.25) is 0 Å². The average molecular weight is 851 g/mol. The summed E-state index contributed by atoms with van der Waals surface area (Å²) in [7, 11) is 2.53. The predicted molar refractivity (Wildman–Crippen MR) is 195 cm³/mol. The van der Waals surface area contributed by atoms with Crippen molar-refractivity contribution >= 4 is 61.8 Å². The molecule has 0 bridgehead atoms. The number of esters is 2. The molecule has 2 aliphatic rings. The second-order valence-corrected chi connectivity index (χ2v) is 20.2. The molecule has 2 fully saturated rings. The monoisotopic (exact) mass is 852 g/mol. The van der Waals surface area contributed by atoms with Crippen molar-refractivity contribution in [3.8, 4) is 0 Å². The van der Waals surface area contributed by atoms with Gasteiger partial charge in [-0.05, 0) is 0 Å². The number of hydrogen-bond acceptors (Lipinski definition) is 10. The zero-order valence-corrected chi connectivity index (χ0v) is 32.9. The number of methoxy groups -OCH3 is 2. The summed E-state index contributed by atoms with van der Waals surface area (Å²) in [6, 6.07) is 13.7. The molecule has 6 N–H and O–H groups in total. The molecule has 4 amide bonds. The SMILES string of the molecule is COC(=O)[C@H](Cc1ccccc1)NC(=O)[C@@H]1CCCN1C(=O)[C@@H](N)C[Se][Se]C[C@H](N)C(=O)N1CCC[C@H]1C(=O)N[C@@H](Cc1ccccc1)C(=O)OC. The van der Waals surface area contributed by atoms with Crippen LogP contribution in [-0.4, -0.2) is 135 Å². The Morgan fingerprint density at radius 1 is 0.673 bits per heavy atom. The van der Waals surface area contributed by atoms with E-state index in [0.717, 1.165) is 11.1 Å². The molecule has 52 heavy (non-hydrogen) atoms. The van der Waals surface area contributed by atoms with Crippen LogP contribution in [0.2, 0.25) is 10.6 Å². The van der Waals surface area contributed by atoms with Crippen molar-refractivity contribution in [1.29, 1.82) is 0 Å². The summed E-state index contributed by atoms with van der Waals surface area (Å²) in [4.78, 5) is 81.3. The third-order valence-corrected chi connectivity index (χ3v) is 16.3. The quantitative estimate of drug-likeness (QED) is 0.0921. The molecule has 14 nitrogen and oxygen atoms in total. The van der Waals surface area contributed by atoms with Gasteiger partial charge in [0.05, 0.1) is 0 Å². The summed E-state index contributed by atoms with van der Waals surface area (Å²) in [6.45, 7) is 0.780. The van der Waals surface area contributed by atoms with E-state index in [-0.39, 0.29) is 50.9 Å². The molecule has 2 aromatic carbocycles. The minimum atomic E-state index is -0.897. The molecule has 2 saturated heterocycles. The summed E-state index contributed by atoms with van der Waals surface area (Å²) in [5, 5.41) is 6.40. The van der Waals surface area contributed by atoms with Gasteiger partial charge in [-0.25, -0.2) is 0 Å². The first kappa shape index (κ1) is 41.0. The fourth-order valence-corrected chi connectivity index (χ4v) is 13.2. The van der Waals surface area contributed by atoms with Crippen LogP contribution in [0.25, 0.3) is 0 Å². The average Bonchev–Trinajstić information content (AvgIpc) is 3.86. The molecule has 0 saturated carbocycles. The normalized spacial score (nSPS) is 19.2. The molecule has 0 aromatic heterocycles. The van der Waals surface area contributed by atoms with Crippen molar-refractivity contribution < 1.29 is 38.2 Å². The minimum absolute atomic E-state index is 0.0594. The number of nitrogens with one attached hydrogen (secondary N) is 2. The van der Waals surface area contributed by atoms with E-state index in [9.17, 15) is 28.8 Å². The van der Waals surface area contributed by atoms with Crippen LogP contribution in [0.3, 0.4) is 0 Å². The van der Waals surface area contributed by atoms with Gasteiger partial charge in [0.15, 0.2) is 0 Å². The Morgan fingerprint density at radius 3 is 1.38 bits per heavy atom. The van der Waals surface area contributed by atoms with Gasteiger partial charge in [-0.1, -0.05) is 12.1 Å². The van der Waals surface area contributed by atoms with Crippen LogP contribution in [0.4, 0.5) is 0 Å². The van der Waals surface area contributed by atoms with Crippen molar-refractivity contribution in [3.63, 3.8) is 0 Å². The third kappa shape index (κ3) is 11.4. The zero-order chi connectivity index (χ0) is 37.6. The number of benzene rings is 2. The van der Waals surface area contributed by atoms with Gasteiger partial charge in [-0.2, -0.15) is 0 Å². The number of rotatable bonds is 17. The molecule has 2 aliphatic heterocycles. The molecule has 2 aromatic rings. The van der Waals surface area contributed by atoms with Gasteiger partial charge in [-0.15, -0.1) is 0 Å². The van der Waals surface area contributed by atoms with E-state index in [1.165, 1.54) is 24.0 Å². The molecule has 16 heteroatoms. The molecular formula is C36H48N6O8Se2. The van der Waals surface area contributed by atoms with Gasteiger partial charge in [0.1, 0.15) is 0 Å². The number of amides is 4. The Kier molecular flexibility index (Phi) is 16.1. The number of ether oxygens (including phenoxy) is 2. The summed E-state index contributed by atoms with van der Waals surface area (Å²) in [5.41, 5.74) is 14.4. The Labute approximate surface area is 315 Å². The Hall–Kier alpha value is -3.78. The number of carbonyl (C=O) groups is 6. The van der Waals surface area contributed by atoms with Crippen LogP contribution < -0.4 is 22.1 Å². The molecular weight excluding hydrogens is 802 g/mol. The van der Waals surface area contributed by atoms with Crippen molar-refractivity contribution in [3.05, 3.63) is 71.8 Å². The third-order valence-electron chi connectivity index (χ3n) is 9.06.